The molecule has 3 fully saturated rings. The first-order valence-electron chi connectivity index (χ1n) is 10.1. The van der Waals surface area contributed by atoms with Crippen LogP contribution in [0, 0.1) is 5.92 Å². The maximum Gasteiger partial charge on any atom is 0.327 e. The predicted octanol–water partition coefficient (Wildman–Crippen LogP) is 1.43. The highest BCUT2D eigenvalue weighted by Crippen LogP contribution is 2.39. The third-order valence-electron chi connectivity index (χ3n) is 6.43. The highest BCUT2D eigenvalue weighted by molar-refractivity contribution is 6.08. The largest absolute Gasteiger partial charge is 0.341 e. The van der Waals surface area contributed by atoms with Crippen molar-refractivity contribution in [2.75, 3.05) is 39.8 Å². The Labute approximate surface area is 156 Å². The fraction of sp³-hybridized carbons (Fsp3) is 0.842. The smallest absolute Gasteiger partial charge is 0.327 e. The molecule has 1 saturated carbocycles. The minimum Gasteiger partial charge on any atom is -0.341 e. The van der Waals surface area contributed by atoms with Gasteiger partial charge < -0.3 is 15.1 Å². The minimum absolute atomic E-state index is 0.102. The lowest BCUT2D eigenvalue weighted by Crippen LogP contribution is -2.50. The molecule has 0 aromatic carbocycles. The summed E-state index contributed by atoms with van der Waals surface area (Å²) in [4.78, 5) is 42.9. The van der Waals surface area contributed by atoms with Crippen molar-refractivity contribution in [2.45, 2.75) is 57.4 Å². The number of rotatable bonds is 5. The van der Waals surface area contributed by atoms with Crippen LogP contribution in [0.15, 0.2) is 0 Å². The minimum atomic E-state index is -0.700. The van der Waals surface area contributed by atoms with Crippen LogP contribution in [0.5, 0.6) is 0 Å². The summed E-state index contributed by atoms with van der Waals surface area (Å²) in [6, 6.07) is -0.313. The molecule has 1 aliphatic carbocycles. The molecular weight excluding hydrogens is 332 g/mol. The Morgan fingerprint density at radius 3 is 2.42 bits per heavy atom. The predicted molar refractivity (Wildman–Crippen MR) is 98.5 cm³/mol. The summed E-state index contributed by atoms with van der Waals surface area (Å²) >= 11 is 0. The Kier molecular flexibility index (Phi) is 5.85. The number of carbonyl (C=O) groups excluding carboxylic acids is 3. The van der Waals surface area contributed by atoms with Crippen LogP contribution in [0.1, 0.15) is 51.9 Å². The fourth-order valence-corrected chi connectivity index (χ4v) is 4.64. The summed E-state index contributed by atoms with van der Waals surface area (Å²) in [6.07, 6.45) is 6.42. The molecule has 3 rings (SSSR count). The second kappa shape index (κ2) is 7.94. The summed E-state index contributed by atoms with van der Waals surface area (Å²) in [5.41, 5.74) is -0.700. The number of amides is 4. The van der Waals surface area contributed by atoms with E-state index in [1.54, 1.807) is 11.9 Å². The lowest BCUT2D eigenvalue weighted by molar-refractivity contribution is -0.141. The normalized spacial score (nSPS) is 24.0. The molecule has 4 amide bonds. The maximum absolute atomic E-state index is 13.0. The van der Waals surface area contributed by atoms with Crippen LogP contribution in [0.3, 0.4) is 0 Å². The highest BCUT2D eigenvalue weighted by Gasteiger charge is 2.56. The summed E-state index contributed by atoms with van der Waals surface area (Å²) in [5, 5.41) is 3.36. The lowest BCUT2D eigenvalue weighted by atomic mass is 9.81. The molecule has 0 radical (unpaired) electrons. The van der Waals surface area contributed by atoms with E-state index in [0.29, 0.717) is 31.8 Å². The van der Waals surface area contributed by atoms with E-state index in [1.165, 1.54) is 4.90 Å². The zero-order valence-corrected chi connectivity index (χ0v) is 16.1. The van der Waals surface area contributed by atoms with Crippen molar-refractivity contribution in [2.24, 2.45) is 5.92 Å². The van der Waals surface area contributed by atoms with Crippen LogP contribution < -0.4 is 5.32 Å². The summed E-state index contributed by atoms with van der Waals surface area (Å²) in [6.45, 7) is 5.38. The van der Waals surface area contributed by atoms with Crippen molar-refractivity contribution < 1.29 is 14.4 Å². The lowest BCUT2D eigenvalue weighted by Gasteiger charge is -2.36. The van der Waals surface area contributed by atoms with Gasteiger partial charge in [0.2, 0.25) is 5.91 Å². The van der Waals surface area contributed by atoms with Gasteiger partial charge in [-0.25, -0.2) is 4.79 Å². The van der Waals surface area contributed by atoms with E-state index in [0.717, 1.165) is 45.2 Å². The topological polar surface area (TPSA) is 73.0 Å². The van der Waals surface area contributed by atoms with Crippen LogP contribution in [0.25, 0.3) is 0 Å². The molecule has 0 unspecified atom stereocenters. The number of likely N-dealkylation sites (N-methyl/N-ethyl adjacent to an activating group) is 1. The number of carbonyl (C=O) groups is 3. The molecule has 2 saturated heterocycles. The average molecular weight is 364 g/mol. The van der Waals surface area contributed by atoms with Gasteiger partial charge in [-0.05, 0) is 44.7 Å². The van der Waals surface area contributed by atoms with Gasteiger partial charge in [0.1, 0.15) is 12.1 Å². The van der Waals surface area contributed by atoms with Crippen molar-refractivity contribution in [1.82, 2.24) is 20.0 Å². The number of imide groups is 1. The average Bonchev–Trinajstić information content (AvgIpc) is 2.83. The van der Waals surface area contributed by atoms with Crippen LogP contribution >= 0.6 is 0 Å². The van der Waals surface area contributed by atoms with E-state index in [4.69, 9.17) is 0 Å². The molecule has 146 valence electrons. The van der Waals surface area contributed by atoms with Crippen molar-refractivity contribution in [3.8, 4) is 0 Å². The van der Waals surface area contributed by atoms with Gasteiger partial charge in [0.15, 0.2) is 0 Å². The van der Waals surface area contributed by atoms with Crippen LogP contribution in [0.2, 0.25) is 0 Å². The number of piperidine rings is 1. The zero-order chi connectivity index (χ0) is 18.7. The second-order valence-electron chi connectivity index (χ2n) is 7.96. The first kappa shape index (κ1) is 19.1. The first-order chi connectivity index (χ1) is 12.5. The van der Waals surface area contributed by atoms with E-state index in [1.807, 2.05) is 4.90 Å². The van der Waals surface area contributed by atoms with E-state index in [2.05, 4.69) is 12.2 Å². The molecule has 2 heterocycles. The third kappa shape index (κ3) is 3.46. The van der Waals surface area contributed by atoms with Gasteiger partial charge in [-0.3, -0.25) is 14.5 Å². The molecule has 7 nitrogen and oxygen atoms in total. The van der Waals surface area contributed by atoms with Gasteiger partial charge in [0, 0.05) is 20.1 Å². The molecule has 2 aliphatic heterocycles. The highest BCUT2D eigenvalue weighted by atomic mass is 16.2. The van der Waals surface area contributed by atoms with Crippen LogP contribution in [-0.4, -0.2) is 77.9 Å². The molecule has 1 N–H and O–H groups in total. The Bertz CT molecular complexity index is 551. The Morgan fingerprint density at radius 1 is 1.15 bits per heavy atom. The Balaban J connectivity index is 1.58. The van der Waals surface area contributed by atoms with E-state index >= 15 is 0 Å². The SMILES string of the molecule is CCNCC1CCN(C(=O)CN2C(=O)N(C)C3(CCCCC3)C2=O)CC1. The molecular formula is C19H32N4O3. The Morgan fingerprint density at radius 2 is 1.81 bits per heavy atom. The number of nitrogens with zero attached hydrogens (tertiary/aromatic N) is 3. The van der Waals surface area contributed by atoms with Gasteiger partial charge in [-0.15, -0.1) is 0 Å². The maximum atomic E-state index is 13.0. The van der Waals surface area contributed by atoms with Crippen molar-refractivity contribution in [1.29, 1.82) is 0 Å². The van der Waals surface area contributed by atoms with E-state index in [-0.39, 0.29) is 24.4 Å². The molecule has 7 heteroatoms. The van der Waals surface area contributed by atoms with Crippen molar-refractivity contribution in [3.63, 3.8) is 0 Å². The first-order valence-corrected chi connectivity index (χ1v) is 10.1. The molecule has 0 aromatic rings. The molecule has 1 spiro atoms. The summed E-state index contributed by atoms with van der Waals surface area (Å²) in [5.74, 6) is 0.334. The van der Waals surface area contributed by atoms with E-state index in [9.17, 15) is 14.4 Å². The molecule has 0 atom stereocenters. The van der Waals surface area contributed by atoms with Crippen molar-refractivity contribution >= 4 is 17.8 Å². The molecule has 0 bridgehead atoms. The number of hydrogen-bond donors (Lipinski definition) is 1. The number of urea groups is 1. The molecule has 3 aliphatic rings. The molecule has 26 heavy (non-hydrogen) atoms. The van der Waals surface area contributed by atoms with Gasteiger partial charge in [0.05, 0.1) is 0 Å². The number of nitrogens with one attached hydrogen (secondary N) is 1. The van der Waals surface area contributed by atoms with Crippen LogP contribution in [0.4, 0.5) is 4.79 Å². The number of likely N-dealkylation sites (tertiary alicyclic amines) is 1. The monoisotopic (exact) mass is 364 g/mol. The number of hydrogen-bond acceptors (Lipinski definition) is 4. The zero-order valence-electron chi connectivity index (χ0n) is 16.1. The van der Waals surface area contributed by atoms with Crippen molar-refractivity contribution in [3.05, 3.63) is 0 Å². The van der Waals surface area contributed by atoms with Crippen LogP contribution in [-0.2, 0) is 9.59 Å². The van der Waals surface area contributed by atoms with Gasteiger partial charge >= 0.3 is 6.03 Å². The quantitative estimate of drug-likeness (QED) is 0.749. The third-order valence-corrected chi connectivity index (χ3v) is 6.43. The summed E-state index contributed by atoms with van der Waals surface area (Å²) in [7, 11) is 1.71. The standard InChI is InChI=1S/C19H32N4O3/c1-3-20-13-15-7-11-22(12-8-15)16(24)14-23-17(25)19(21(2)18(23)26)9-5-4-6-10-19/h15,20H,3-14H2,1-2H3. The van der Waals surface area contributed by atoms with Gasteiger partial charge in [-0.2, -0.15) is 0 Å². The van der Waals surface area contributed by atoms with Gasteiger partial charge in [-0.1, -0.05) is 26.2 Å². The van der Waals surface area contributed by atoms with E-state index < -0.39 is 5.54 Å². The summed E-state index contributed by atoms with van der Waals surface area (Å²) < 4.78 is 0. The Hall–Kier alpha value is -1.63. The molecule has 0 aromatic heterocycles. The van der Waals surface area contributed by atoms with Gasteiger partial charge in [0.25, 0.3) is 5.91 Å². The fourth-order valence-electron chi connectivity index (χ4n) is 4.64. The second-order valence-corrected chi connectivity index (χ2v) is 7.96.